The van der Waals surface area contributed by atoms with Gasteiger partial charge in [0.05, 0.1) is 5.69 Å². The number of amides is 1. The highest BCUT2D eigenvalue weighted by molar-refractivity contribution is 5.97. The topological polar surface area (TPSA) is 92.4 Å². The van der Waals surface area contributed by atoms with E-state index in [4.69, 9.17) is 9.63 Å². The number of nitrogens with one attached hydrogen (secondary N) is 1. The summed E-state index contributed by atoms with van der Waals surface area (Å²) in [7, 11) is 0. The third-order valence-corrected chi connectivity index (χ3v) is 3.07. The Labute approximate surface area is 110 Å². The fourth-order valence-corrected chi connectivity index (χ4v) is 1.84. The van der Waals surface area contributed by atoms with Crippen LogP contribution >= 0.6 is 0 Å². The molecule has 0 aliphatic heterocycles. The molecule has 2 N–H and O–H groups in total. The van der Waals surface area contributed by atoms with Crippen molar-refractivity contribution < 1.29 is 19.2 Å². The summed E-state index contributed by atoms with van der Waals surface area (Å²) in [6.45, 7) is 3.54. The van der Waals surface area contributed by atoms with Crippen molar-refractivity contribution in [3.05, 3.63) is 30.2 Å². The fraction of sp³-hybridized carbons (Fsp3) is 0.462. The zero-order chi connectivity index (χ0) is 13.8. The van der Waals surface area contributed by atoms with Crippen LogP contribution in [-0.4, -0.2) is 28.2 Å². The highest BCUT2D eigenvalue weighted by Gasteiger charge is 2.32. The minimum Gasteiger partial charge on any atom is -0.480 e. The minimum atomic E-state index is -1.06. The second-order valence-corrected chi connectivity index (χ2v) is 4.62. The van der Waals surface area contributed by atoms with Gasteiger partial charge < -0.3 is 14.9 Å². The van der Waals surface area contributed by atoms with Gasteiger partial charge in [-0.1, -0.05) is 11.2 Å². The van der Waals surface area contributed by atoms with E-state index in [2.05, 4.69) is 17.1 Å². The van der Waals surface area contributed by atoms with Crippen LogP contribution in [0.3, 0.4) is 0 Å². The molecule has 19 heavy (non-hydrogen) atoms. The van der Waals surface area contributed by atoms with E-state index < -0.39 is 17.9 Å². The van der Waals surface area contributed by atoms with Crippen molar-refractivity contribution >= 4 is 11.9 Å². The van der Waals surface area contributed by atoms with E-state index >= 15 is 0 Å². The molecule has 1 aromatic heterocycles. The predicted octanol–water partition coefficient (Wildman–Crippen LogP) is 1.70. The molecule has 1 aliphatic rings. The number of nitrogens with zero attached hydrogens (tertiary/aromatic N) is 1. The standard InChI is InChI=1S/C13H16N2O4/c1-2-3-4-10(13(17)18)14-12(16)9-7-19-15-11(9)8-5-6-8/h2,7-8,10H,1,3-6H2,(H,14,16)(H,17,18). The monoisotopic (exact) mass is 264 g/mol. The Morgan fingerprint density at radius 3 is 2.95 bits per heavy atom. The number of rotatable bonds is 7. The molecular formula is C13H16N2O4. The summed E-state index contributed by atoms with van der Waals surface area (Å²) in [5.41, 5.74) is 0.970. The summed E-state index contributed by atoms with van der Waals surface area (Å²) in [6, 6.07) is -0.924. The summed E-state index contributed by atoms with van der Waals surface area (Å²) in [4.78, 5) is 23.1. The van der Waals surface area contributed by atoms with Crippen LogP contribution in [0.15, 0.2) is 23.4 Å². The fourth-order valence-electron chi connectivity index (χ4n) is 1.84. The van der Waals surface area contributed by atoms with E-state index in [-0.39, 0.29) is 5.92 Å². The molecule has 2 rings (SSSR count). The van der Waals surface area contributed by atoms with Gasteiger partial charge in [0, 0.05) is 5.92 Å². The molecule has 1 heterocycles. The molecule has 0 spiro atoms. The van der Waals surface area contributed by atoms with Crippen LogP contribution in [0.1, 0.15) is 47.7 Å². The van der Waals surface area contributed by atoms with Crippen LogP contribution in [-0.2, 0) is 4.79 Å². The zero-order valence-electron chi connectivity index (χ0n) is 10.5. The van der Waals surface area contributed by atoms with Crippen molar-refractivity contribution in [3.8, 4) is 0 Å². The predicted molar refractivity (Wildman–Crippen MR) is 66.8 cm³/mol. The number of hydrogen-bond acceptors (Lipinski definition) is 4. The maximum Gasteiger partial charge on any atom is 0.326 e. The molecule has 6 heteroatoms. The van der Waals surface area contributed by atoms with Crippen LogP contribution < -0.4 is 5.32 Å². The van der Waals surface area contributed by atoms with Crippen molar-refractivity contribution in [2.45, 2.75) is 37.6 Å². The average molecular weight is 264 g/mol. The Bertz CT molecular complexity index is 491. The summed E-state index contributed by atoms with van der Waals surface area (Å²) in [6.07, 6.45) is 5.72. The highest BCUT2D eigenvalue weighted by atomic mass is 16.5. The van der Waals surface area contributed by atoms with Crippen molar-refractivity contribution in [1.29, 1.82) is 0 Å². The van der Waals surface area contributed by atoms with E-state index in [1.807, 2.05) is 0 Å². The first kappa shape index (κ1) is 13.3. The molecule has 1 aromatic rings. The van der Waals surface area contributed by atoms with Gasteiger partial charge in [-0.15, -0.1) is 6.58 Å². The van der Waals surface area contributed by atoms with Gasteiger partial charge in [0.15, 0.2) is 0 Å². The van der Waals surface area contributed by atoms with Gasteiger partial charge in [-0.2, -0.15) is 0 Å². The van der Waals surface area contributed by atoms with Gasteiger partial charge >= 0.3 is 5.97 Å². The van der Waals surface area contributed by atoms with Crippen LogP contribution in [0.4, 0.5) is 0 Å². The molecule has 0 bridgehead atoms. The molecule has 1 unspecified atom stereocenters. The van der Waals surface area contributed by atoms with Gasteiger partial charge in [-0.25, -0.2) is 4.79 Å². The molecule has 0 radical (unpaired) electrons. The largest absolute Gasteiger partial charge is 0.480 e. The Hall–Kier alpha value is -2.11. The number of aliphatic carboxylic acids is 1. The van der Waals surface area contributed by atoms with Crippen LogP contribution in [0.25, 0.3) is 0 Å². The first-order chi connectivity index (χ1) is 9.13. The molecule has 102 valence electrons. The lowest BCUT2D eigenvalue weighted by atomic mass is 10.1. The average Bonchev–Trinajstić information content (AvgIpc) is 3.11. The van der Waals surface area contributed by atoms with Gasteiger partial charge in [0.2, 0.25) is 0 Å². The molecule has 1 fully saturated rings. The third-order valence-electron chi connectivity index (χ3n) is 3.07. The number of aromatic nitrogens is 1. The Morgan fingerprint density at radius 2 is 2.37 bits per heavy atom. The summed E-state index contributed by atoms with van der Waals surface area (Å²) >= 11 is 0. The summed E-state index contributed by atoms with van der Waals surface area (Å²) in [5.74, 6) is -1.23. The number of carbonyl (C=O) groups excluding carboxylic acids is 1. The van der Waals surface area contributed by atoms with Gasteiger partial charge in [0.25, 0.3) is 5.91 Å². The lowest BCUT2D eigenvalue weighted by molar-refractivity contribution is -0.139. The maximum absolute atomic E-state index is 12.0. The first-order valence-corrected chi connectivity index (χ1v) is 6.22. The minimum absolute atomic E-state index is 0.274. The first-order valence-electron chi connectivity index (χ1n) is 6.22. The van der Waals surface area contributed by atoms with E-state index in [0.717, 1.165) is 12.8 Å². The van der Waals surface area contributed by atoms with Gasteiger partial charge in [-0.05, 0) is 25.7 Å². The molecule has 0 aromatic carbocycles. The van der Waals surface area contributed by atoms with Crippen molar-refractivity contribution in [3.63, 3.8) is 0 Å². The van der Waals surface area contributed by atoms with Gasteiger partial charge in [-0.3, -0.25) is 4.79 Å². The Morgan fingerprint density at radius 1 is 1.63 bits per heavy atom. The van der Waals surface area contributed by atoms with Crippen molar-refractivity contribution in [1.82, 2.24) is 10.5 Å². The molecular weight excluding hydrogens is 248 g/mol. The number of carbonyl (C=O) groups is 2. The molecule has 1 aliphatic carbocycles. The van der Waals surface area contributed by atoms with E-state index in [9.17, 15) is 9.59 Å². The Kier molecular flexibility index (Phi) is 3.99. The number of carboxylic acids is 1. The van der Waals surface area contributed by atoms with Gasteiger partial charge in [0.1, 0.15) is 17.9 Å². The maximum atomic E-state index is 12.0. The molecule has 1 atom stereocenters. The summed E-state index contributed by atoms with van der Waals surface area (Å²) < 4.78 is 4.82. The quantitative estimate of drug-likeness (QED) is 0.731. The lowest BCUT2D eigenvalue weighted by Crippen LogP contribution is -2.40. The number of carboxylic acid groups (broad SMARTS) is 1. The smallest absolute Gasteiger partial charge is 0.326 e. The van der Waals surface area contributed by atoms with Crippen LogP contribution in [0.5, 0.6) is 0 Å². The normalized spacial score (nSPS) is 15.8. The third kappa shape index (κ3) is 3.21. The summed E-state index contributed by atoms with van der Waals surface area (Å²) in [5, 5.41) is 15.4. The number of allylic oxidation sites excluding steroid dienone is 1. The molecule has 0 saturated heterocycles. The SMILES string of the molecule is C=CCCC(NC(=O)c1conc1C1CC1)C(=O)O. The molecule has 6 nitrogen and oxygen atoms in total. The van der Waals surface area contributed by atoms with Crippen molar-refractivity contribution in [2.75, 3.05) is 0 Å². The second-order valence-electron chi connectivity index (χ2n) is 4.62. The second kappa shape index (κ2) is 5.69. The van der Waals surface area contributed by atoms with Crippen molar-refractivity contribution in [2.24, 2.45) is 0 Å². The molecule has 1 saturated carbocycles. The number of hydrogen-bond donors (Lipinski definition) is 2. The lowest BCUT2D eigenvalue weighted by Gasteiger charge is -2.13. The zero-order valence-corrected chi connectivity index (χ0v) is 10.5. The Balaban J connectivity index is 2.03. The van der Waals surface area contributed by atoms with Crippen LogP contribution in [0.2, 0.25) is 0 Å². The molecule has 1 amide bonds. The van der Waals surface area contributed by atoms with E-state index in [1.54, 1.807) is 6.08 Å². The van der Waals surface area contributed by atoms with E-state index in [0.29, 0.717) is 24.1 Å². The van der Waals surface area contributed by atoms with Crippen LogP contribution in [0, 0.1) is 0 Å². The van der Waals surface area contributed by atoms with E-state index in [1.165, 1.54) is 6.26 Å². The highest BCUT2D eigenvalue weighted by Crippen LogP contribution is 2.40.